The fourth-order valence-corrected chi connectivity index (χ4v) is 2.31. The van der Waals surface area contributed by atoms with Crippen LogP contribution in [-0.2, 0) is 25.5 Å². The number of amides is 2. The van der Waals surface area contributed by atoms with Gasteiger partial charge in [0, 0.05) is 31.6 Å². The number of esters is 1. The number of methoxy groups -OCH3 is 1. The van der Waals surface area contributed by atoms with Crippen LogP contribution in [0.3, 0.4) is 0 Å². The van der Waals surface area contributed by atoms with Crippen molar-refractivity contribution in [3.8, 4) is 0 Å². The van der Waals surface area contributed by atoms with Gasteiger partial charge in [0.05, 0.1) is 19.4 Å². The monoisotopic (exact) mass is 354 g/mol. The van der Waals surface area contributed by atoms with Crippen LogP contribution < -0.4 is 5.32 Å². The highest BCUT2D eigenvalue weighted by Gasteiger charge is 2.21. The fourth-order valence-electron chi connectivity index (χ4n) is 2.18. The van der Waals surface area contributed by atoms with Gasteiger partial charge in [-0.15, -0.1) is 0 Å². The maximum atomic E-state index is 12.5. The summed E-state index contributed by atoms with van der Waals surface area (Å²) in [5.41, 5.74) is 0.833. The molecule has 1 aromatic rings. The molecule has 2 amide bonds. The van der Waals surface area contributed by atoms with Crippen molar-refractivity contribution >= 4 is 29.4 Å². The van der Waals surface area contributed by atoms with Crippen molar-refractivity contribution in [1.29, 1.82) is 0 Å². The quantitative estimate of drug-likeness (QED) is 0.720. The van der Waals surface area contributed by atoms with E-state index in [4.69, 9.17) is 16.3 Å². The second-order valence-electron chi connectivity index (χ2n) is 5.55. The van der Waals surface area contributed by atoms with Crippen molar-refractivity contribution in [2.75, 3.05) is 26.7 Å². The van der Waals surface area contributed by atoms with Crippen LogP contribution in [0.2, 0.25) is 5.02 Å². The lowest BCUT2D eigenvalue weighted by Gasteiger charge is -2.25. The highest BCUT2D eigenvalue weighted by atomic mass is 35.5. The molecular formula is C17H23ClN2O4. The van der Waals surface area contributed by atoms with E-state index in [9.17, 15) is 14.4 Å². The number of carbonyl (C=O) groups is 3. The molecule has 0 radical (unpaired) electrons. The van der Waals surface area contributed by atoms with Crippen molar-refractivity contribution in [3.05, 3.63) is 34.9 Å². The number of halogens is 1. The van der Waals surface area contributed by atoms with Gasteiger partial charge in [-0.2, -0.15) is 0 Å². The van der Waals surface area contributed by atoms with E-state index in [-0.39, 0.29) is 30.7 Å². The first-order valence-corrected chi connectivity index (χ1v) is 8.05. The Bertz CT molecular complexity index is 574. The third-order valence-electron chi connectivity index (χ3n) is 3.47. The molecule has 0 spiro atoms. The van der Waals surface area contributed by atoms with Crippen LogP contribution in [0.5, 0.6) is 0 Å². The number of hydrogen-bond donors (Lipinski definition) is 1. The first kappa shape index (κ1) is 20.0. The summed E-state index contributed by atoms with van der Waals surface area (Å²) in [6.07, 6.45) is 0.200. The minimum atomic E-state index is -0.443. The SMILES string of the molecule is COC(=O)C(C)CN(CCNC(C)=O)C(=O)Cc1ccc(Cl)cc1. The highest BCUT2D eigenvalue weighted by Crippen LogP contribution is 2.12. The van der Waals surface area contributed by atoms with Crippen molar-refractivity contribution in [2.45, 2.75) is 20.3 Å². The molecule has 1 atom stereocenters. The van der Waals surface area contributed by atoms with Gasteiger partial charge in [-0.25, -0.2) is 0 Å². The number of nitrogens with one attached hydrogen (secondary N) is 1. The average Bonchev–Trinajstić information content (AvgIpc) is 2.54. The highest BCUT2D eigenvalue weighted by molar-refractivity contribution is 6.30. The molecule has 132 valence electrons. The van der Waals surface area contributed by atoms with Gasteiger partial charge in [0.15, 0.2) is 0 Å². The lowest BCUT2D eigenvalue weighted by molar-refractivity contribution is -0.146. The zero-order chi connectivity index (χ0) is 18.1. The van der Waals surface area contributed by atoms with Crippen LogP contribution >= 0.6 is 11.6 Å². The summed E-state index contributed by atoms with van der Waals surface area (Å²) in [6.45, 7) is 4.01. The molecule has 0 aliphatic carbocycles. The van der Waals surface area contributed by atoms with Gasteiger partial charge in [-0.05, 0) is 17.7 Å². The van der Waals surface area contributed by atoms with E-state index < -0.39 is 5.92 Å². The first-order chi connectivity index (χ1) is 11.3. The second-order valence-corrected chi connectivity index (χ2v) is 5.99. The summed E-state index contributed by atoms with van der Waals surface area (Å²) >= 11 is 5.84. The van der Waals surface area contributed by atoms with E-state index in [1.165, 1.54) is 14.0 Å². The Kier molecular flexibility index (Phi) is 8.26. The Morgan fingerprint density at radius 2 is 1.88 bits per heavy atom. The van der Waals surface area contributed by atoms with E-state index in [0.29, 0.717) is 18.1 Å². The molecule has 0 aliphatic heterocycles. The molecule has 1 rings (SSSR count). The van der Waals surface area contributed by atoms with Gasteiger partial charge in [0.2, 0.25) is 11.8 Å². The predicted molar refractivity (Wildman–Crippen MR) is 91.6 cm³/mol. The Morgan fingerprint density at radius 1 is 1.25 bits per heavy atom. The Hall–Kier alpha value is -2.08. The van der Waals surface area contributed by atoms with E-state index >= 15 is 0 Å². The number of rotatable bonds is 8. The maximum Gasteiger partial charge on any atom is 0.310 e. The van der Waals surface area contributed by atoms with E-state index in [2.05, 4.69) is 5.32 Å². The molecule has 1 aromatic carbocycles. The Balaban J connectivity index is 2.73. The van der Waals surface area contributed by atoms with Crippen LogP contribution in [0.4, 0.5) is 0 Å². The molecular weight excluding hydrogens is 332 g/mol. The topological polar surface area (TPSA) is 75.7 Å². The predicted octanol–water partition coefficient (Wildman–Crippen LogP) is 1.66. The van der Waals surface area contributed by atoms with Gasteiger partial charge in [0.1, 0.15) is 0 Å². The number of carbonyl (C=O) groups excluding carboxylic acids is 3. The molecule has 0 aromatic heterocycles. The van der Waals surface area contributed by atoms with Crippen LogP contribution in [0.25, 0.3) is 0 Å². The molecule has 1 unspecified atom stereocenters. The van der Waals surface area contributed by atoms with Gasteiger partial charge in [-0.3, -0.25) is 14.4 Å². The van der Waals surface area contributed by atoms with Crippen LogP contribution in [0.15, 0.2) is 24.3 Å². The van der Waals surface area contributed by atoms with Crippen LogP contribution in [0, 0.1) is 5.92 Å². The number of ether oxygens (including phenoxy) is 1. The van der Waals surface area contributed by atoms with Crippen molar-refractivity contribution in [2.24, 2.45) is 5.92 Å². The lowest BCUT2D eigenvalue weighted by Crippen LogP contribution is -2.42. The maximum absolute atomic E-state index is 12.5. The fraction of sp³-hybridized carbons (Fsp3) is 0.471. The number of hydrogen-bond acceptors (Lipinski definition) is 4. The summed E-state index contributed by atoms with van der Waals surface area (Å²) in [5, 5.41) is 3.26. The standard InChI is InChI=1S/C17H23ClN2O4/c1-12(17(23)24-3)11-20(9-8-19-13(2)21)16(22)10-14-4-6-15(18)7-5-14/h4-7,12H,8-11H2,1-3H3,(H,19,21). The second kappa shape index (κ2) is 9.93. The number of benzene rings is 1. The van der Waals surface area contributed by atoms with Gasteiger partial charge >= 0.3 is 5.97 Å². The zero-order valence-corrected chi connectivity index (χ0v) is 14.9. The van der Waals surface area contributed by atoms with Crippen LogP contribution in [-0.4, -0.2) is 49.4 Å². The van der Waals surface area contributed by atoms with Crippen molar-refractivity contribution in [1.82, 2.24) is 10.2 Å². The molecule has 0 saturated carbocycles. The summed E-state index contributed by atoms with van der Waals surface area (Å²) < 4.78 is 4.71. The van der Waals surface area contributed by atoms with Crippen molar-refractivity contribution in [3.63, 3.8) is 0 Å². The lowest BCUT2D eigenvalue weighted by atomic mass is 10.1. The van der Waals surface area contributed by atoms with Gasteiger partial charge in [-0.1, -0.05) is 30.7 Å². The minimum absolute atomic E-state index is 0.126. The van der Waals surface area contributed by atoms with Crippen molar-refractivity contribution < 1.29 is 19.1 Å². The molecule has 0 fully saturated rings. The average molecular weight is 355 g/mol. The minimum Gasteiger partial charge on any atom is -0.469 e. The summed E-state index contributed by atoms with van der Waals surface area (Å²) in [5.74, 6) is -1.11. The molecule has 0 bridgehead atoms. The smallest absolute Gasteiger partial charge is 0.310 e. The van der Waals surface area contributed by atoms with E-state index in [0.717, 1.165) is 5.56 Å². The largest absolute Gasteiger partial charge is 0.469 e. The Morgan fingerprint density at radius 3 is 2.42 bits per heavy atom. The zero-order valence-electron chi connectivity index (χ0n) is 14.2. The molecule has 6 nitrogen and oxygen atoms in total. The van der Waals surface area contributed by atoms with Gasteiger partial charge in [0.25, 0.3) is 0 Å². The van der Waals surface area contributed by atoms with Gasteiger partial charge < -0.3 is 15.0 Å². The normalized spacial score (nSPS) is 11.5. The summed E-state index contributed by atoms with van der Waals surface area (Å²) in [4.78, 5) is 36.7. The summed E-state index contributed by atoms with van der Waals surface area (Å²) in [6, 6.07) is 7.03. The molecule has 0 heterocycles. The summed E-state index contributed by atoms with van der Waals surface area (Å²) in [7, 11) is 1.32. The van der Waals surface area contributed by atoms with E-state index in [1.54, 1.807) is 36.1 Å². The number of nitrogens with zero attached hydrogens (tertiary/aromatic N) is 1. The van der Waals surface area contributed by atoms with E-state index in [1.807, 2.05) is 0 Å². The Labute approximate surface area is 147 Å². The molecule has 0 aliphatic rings. The first-order valence-electron chi connectivity index (χ1n) is 7.68. The third-order valence-corrected chi connectivity index (χ3v) is 3.73. The molecule has 1 N–H and O–H groups in total. The molecule has 0 saturated heterocycles. The molecule has 7 heteroatoms. The third kappa shape index (κ3) is 7.00. The molecule has 24 heavy (non-hydrogen) atoms. The van der Waals surface area contributed by atoms with Crippen LogP contribution in [0.1, 0.15) is 19.4 Å².